The molecule has 31 heavy (non-hydrogen) atoms. The number of hydrogen-bond acceptors (Lipinski definition) is 4. The first kappa shape index (κ1) is 23.1. The summed E-state index contributed by atoms with van der Waals surface area (Å²) in [5, 5.41) is 4.55. The molecule has 2 aromatic heterocycles. The minimum atomic E-state index is -0.331. The van der Waals surface area contributed by atoms with E-state index in [0.29, 0.717) is 5.69 Å². The van der Waals surface area contributed by atoms with Crippen molar-refractivity contribution >= 4 is 17.0 Å². The summed E-state index contributed by atoms with van der Waals surface area (Å²) in [7, 11) is 2.20. The lowest BCUT2D eigenvalue weighted by molar-refractivity contribution is 0.230. The molecular formula is C25H34FN5. The molecule has 0 aliphatic carbocycles. The van der Waals surface area contributed by atoms with Crippen molar-refractivity contribution in [3.8, 4) is 11.3 Å². The Bertz CT molecular complexity index is 1050. The first-order valence-corrected chi connectivity index (χ1v) is 11.0. The minimum absolute atomic E-state index is 0.331. The summed E-state index contributed by atoms with van der Waals surface area (Å²) in [6.07, 6.45) is 4.67. The number of aryl methyl sites for hydroxylation is 3. The van der Waals surface area contributed by atoms with E-state index in [1.165, 1.54) is 32.0 Å². The van der Waals surface area contributed by atoms with Crippen molar-refractivity contribution < 1.29 is 4.39 Å². The Morgan fingerprint density at radius 3 is 2.32 bits per heavy atom. The van der Waals surface area contributed by atoms with Crippen molar-refractivity contribution in [2.24, 2.45) is 10.9 Å². The van der Waals surface area contributed by atoms with Crippen molar-refractivity contribution in [3.05, 3.63) is 47.0 Å². The number of halogens is 1. The number of benzene rings is 1. The van der Waals surface area contributed by atoms with Crippen LogP contribution in [-0.4, -0.2) is 45.3 Å². The van der Waals surface area contributed by atoms with Gasteiger partial charge in [0.05, 0.1) is 17.6 Å². The molecule has 4 rings (SSSR count). The van der Waals surface area contributed by atoms with Gasteiger partial charge in [0.1, 0.15) is 11.5 Å². The van der Waals surface area contributed by atoms with Gasteiger partial charge in [0.15, 0.2) is 5.65 Å². The highest BCUT2D eigenvalue weighted by Gasteiger charge is 2.13. The SMILES string of the molecule is CC(C)=Nc1c(C)cc(-c2cc(C)c3nc(C)cn3n2)cc1F.CC1CCN(C)CC1. The van der Waals surface area contributed by atoms with Crippen LogP contribution in [0.5, 0.6) is 0 Å². The van der Waals surface area contributed by atoms with Gasteiger partial charge in [-0.2, -0.15) is 5.10 Å². The average Bonchev–Trinajstić information content (AvgIpc) is 3.08. The fraction of sp³-hybridized carbons (Fsp3) is 0.480. The Hall–Kier alpha value is -2.60. The van der Waals surface area contributed by atoms with E-state index in [9.17, 15) is 4.39 Å². The number of imidazole rings is 1. The molecule has 0 atom stereocenters. The maximum Gasteiger partial charge on any atom is 0.156 e. The van der Waals surface area contributed by atoms with E-state index in [1.807, 2.05) is 52.9 Å². The van der Waals surface area contributed by atoms with E-state index >= 15 is 0 Å². The van der Waals surface area contributed by atoms with Crippen LogP contribution >= 0.6 is 0 Å². The zero-order chi connectivity index (χ0) is 22.7. The van der Waals surface area contributed by atoms with E-state index in [1.54, 1.807) is 4.52 Å². The number of piperidine rings is 1. The number of fused-ring (bicyclic) bond motifs is 1. The molecule has 6 heteroatoms. The Morgan fingerprint density at radius 1 is 1.06 bits per heavy atom. The fourth-order valence-corrected chi connectivity index (χ4v) is 3.77. The van der Waals surface area contributed by atoms with Gasteiger partial charge < -0.3 is 4.90 Å². The molecule has 5 nitrogen and oxygen atoms in total. The molecular weight excluding hydrogens is 389 g/mol. The minimum Gasteiger partial charge on any atom is -0.306 e. The highest BCUT2D eigenvalue weighted by atomic mass is 19.1. The molecule has 1 aliphatic rings. The van der Waals surface area contributed by atoms with Gasteiger partial charge in [-0.25, -0.2) is 13.9 Å². The lowest BCUT2D eigenvalue weighted by Gasteiger charge is -2.26. The number of aromatic nitrogens is 3. The average molecular weight is 424 g/mol. The van der Waals surface area contributed by atoms with E-state index in [0.717, 1.165) is 45.4 Å². The van der Waals surface area contributed by atoms with Crippen LogP contribution in [0.2, 0.25) is 0 Å². The first-order chi connectivity index (χ1) is 14.6. The van der Waals surface area contributed by atoms with Gasteiger partial charge in [-0.1, -0.05) is 6.92 Å². The molecule has 1 saturated heterocycles. The van der Waals surface area contributed by atoms with Gasteiger partial charge in [0, 0.05) is 11.3 Å². The third-order valence-electron chi connectivity index (χ3n) is 5.62. The van der Waals surface area contributed by atoms with Crippen molar-refractivity contribution in [1.82, 2.24) is 19.5 Å². The lowest BCUT2D eigenvalue weighted by Crippen LogP contribution is -2.28. The highest BCUT2D eigenvalue weighted by molar-refractivity contribution is 5.83. The summed E-state index contributed by atoms with van der Waals surface area (Å²) in [6, 6.07) is 5.35. The zero-order valence-electron chi connectivity index (χ0n) is 19.8. The Kier molecular flexibility index (Phi) is 7.21. The number of nitrogens with zero attached hydrogens (tertiary/aromatic N) is 5. The summed E-state index contributed by atoms with van der Waals surface area (Å²) in [6.45, 7) is 14.4. The van der Waals surface area contributed by atoms with Crippen LogP contribution in [0.3, 0.4) is 0 Å². The molecule has 1 aromatic carbocycles. The molecule has 0 radical (unpaired) electrons. The van der Waals surface area contributed by atoms with Crippen molar-refractivity contribution in [3.63, 3.8) is 0 Å². The second-order valence-electron chi connectivity index (χ2n) is 9.03. The first-order valence-electron chi connectivity index (χ1n) is 11.0. The zero-order valence-corrected chi connectivity index (χ0v) is 19.8. The molecule has 0 unspecified atom stereocenters. The molecule has 166 valence electrons. The van der Waals surface area contributed by atoms with Crippen LogP contribution in [0.4, 0.5) is 10.1 Å². The maximum absolute atomic E-state index is 14.4. The van der Waals surface area contributed by atoms with Crippen LogP contribution < -0.4 is 0 Å². The lowest BCUT2D eigenvalue weighted by atomic mass is 10.00. The molecule has 0 saturated carbocycles. The van der Waals surface area contributed by atoms with Crippen LogP contribution in [0.25, 0.3) is 16.9 Å². The molecule has 1 fully saturated rings. The maximum atomic E-state index is 14.4. The standard InChI is InChI=1S/C18H19FN4.C7H15N/c1-10(2)20-17-11(3)6-14(8-15(17)19)16-7-12(4)18-21-13(5)9-23(18)22-16;1-7-3-5-8(2)6-4-7/h6-9H,1-5H3;7H,3-6H2,1-2H3. The molecule has 3 aromatic rings. The largest absolute Gasteiger partial charge is 0.306 e. The van der Waals surface area contributed by atoms with E-state index in [4.69, 9.17) is 0 Å². The van der Waals surface area contributed by atoms with Crippen molar-refractivity contribution in [2.45, 2.75) is 54.4 Å². The Morgan fingerprint density at radius 2 is 1.74 bits per heavy atom. The molecule has 1 aliphatic heterocycles. The molecule has 0 amide bonds. The van der Waals surface area contributed by atoms with Crippen LogP contribution in [-0.2, 0) is 0 Å². The van der Waals surface area contributed by atoms with Gasteiger partial charge in [-0.15, -0.1) is 0 Å². The third kappa shape index (κ3) is 5.76. The van der Waals surface area contributed by atoms with Gasteiger partial charge >= 0.3 is 0 Å². The van der Waals surface area contributed by atoms with Crippen LogP contribution in [0.1, 0.15) is 50.4 Å². The second-order valence-corrected chi connectivity index (χ2v) is 9.03. The Balaban J connectivity index is 0.000000287. The summed E-state index contributed by atoms with van der Waals surface area (Å²) in [5.41, 5.74) is 6.21. The number of hydrogen-bond donors (Lipinski definition) is 0. The van der Waals surface area contributed by atoms with Crippen molar-refractivity contribution in [2.75, 3.05) is 20.1 Å². The summed E-state index contributed by atoms with van der Waals surface area (Å²) in [5.74, 6) is 0.647. The molecule has 0 N–H and O–H groups in total. The quantitative estimate of drug-likeness (QED) is 0.481. The third-order valence-corrected chi connectivity index (χ3v) is 5.62. The van der Waals surface area contributed by atoms with E-state index in [-0.39, 0.29) is 5.82 Å². The summed E-state index contributed by atoms with van der Waals surface area (Å²) in [4.78, 5) is 11.1. The summed E-state index contributed by atoms with van der Waals surface area (Å²) < 4.78 is 16.2. The normalized spacial score (nSPS) is 15.0. The summed E-state index contributed by atoms with van der Waals surface area (Å²) >= 11 is 0. The van der Waals surface area contributed by atoms with E-state index in [2.05, 4.69) is 33.9 Å². The van der Waals surface area contributed by atoms with Gasteiger partial charge in [-0.05, 0) is 103 Å². The van der Waals surface area contributed by atoms with Crippen LogP contribution in [0, 0.1) is 32.5 Å². The number of aliphatic imine (C=N–C) groups is 1. The molecule has 0 bridgehead atoms. The predicted octanol–water partition coefficient (Wildman–Crippen LogP) is 5.92. The van der Waals surface area contributed by atoms with Crippen molar-refractivity contribution in [1.29, 1.82) is 0 Å². The van der Waals surface area contributed by atoms with E-state index < -0.39 is 0 Å². The number of rotatable bonds is 2. The Labute approximate surface area is 185 Å². The number of likely N-dealkylation sites (tertiary alicyclic amines) is 1. The predicted molar refractivity (Wildman–Crippen MR) is 127 cm³/mol. The topological polar surface area (TPSA) is 45.8 Å². The fourth-order valence-electron chi connectivity index (χ4n) is 3.77. The van der Waals surface area contributed by atoms with Crippen LogP contribution in [0.15, 0.2) is 29.4 Å². The van der Waals surface area contributed by atoms with Gasteiger partial charge in [0.2, 0.25) is 0 Å². The highest BCUT2D eigenvalue weighted by Crippen LogP contribution is 2.30. The van der Waals surface area contributed by atoms with Gasteiger partial charge in [0.25, 0.3) is 0 Å². The smallest absolute Gasteiger partial charge is 0.156 e. The van der Waals surface area contributed by atoms with Gasteiger partial charge in [-0.3, -0.25) is 4.99 Å². The molecule has 3 heterocycles. The molecule has 0 spiro atoms. The monoisotopic (exact) mass is 423 g/mol. The second kappa shape index (κ2) is 9.69.